The minimum absolute atomic E-state index is 0.162. The van der Waals surface area contributed by atoms with Gasteiger partial charge in [0.2, 0.25) is 0 Å². The van der Waals surface area contributed by atoms with E-state index in [1.165, 1.54) is 11.1 Å². The van der Waals surface area contributed by atoms with Crippen molar-refractivity contribution in [2.45, 2.75) is 31.7 Å². The molecule has 3 heterocycles. The summed E-state index contributed by atoms with van der Waals surface area (Å²) in [6, 6.07) is 0.649. The number of hydrogen-bond donors (Lipinski definition) is 0. The molecule has 0 bridgehead atoms. The van der Waals surface area contributed by atoms with E-state index in [0.717, 1.165) is 42.3 Å². The predicted molar refractivity (Wildman–Crippen MR) is 90.1 cm³/mol. The lowest BCUT2D eigenvalue weighted by atomic mass is 9.84. The van der Waals surface area contributed by atoms with Gasteiger partial charge in [0.1, 0.15) is 12.0 Å². The van der Waals surface area contributed by atoms with Gasteiger partial charge in [-0.2, -0.15) is 0 Å². The zero-order valence-electron chi connectivity index (χ0n) is 15.1. The summed E-state index contributed by atoms with van der Waals surface area (Å²) in [6.45, 7) is 4.72. The first kappa shape index (κ1) is 16.0. The first-order chi connectivity index (χ1) is 11.6. The minimum Gasteiger partial charge on any atom is -0.496 e. The highest BCUT2D eigenvalue weighted by Gasteiger charge is 2.49. The van der Waals surface area contributed by atoms with Crippen molar-refractivity contribution in [1.29, 1.82) is 0 Å². The van der Waals surface area contributed by atoms with Gasteiger partial charge in [-0.25, -0.2) is 0 Å². The Balaban J connectivity index is 1.93. The van der Waals surface area contributed by atoms with Gasteiger partial charge in [0, 0.05) is 35.8 Å². The smallest absolute Gasteiger partial charge is 0.167 e. The Morgan fingerprint density at radius 2 is 1.71 bits per heavy atom. The van der Waals surface area contributed by atoms with Gasteiger partial charge in [0.15, 0.2) is 11.5 Å². The SMILES string of the molecule is COc1c(C)c(OC)c(OC)c2c1C[C@H]1CN(C)C[C@H]3OC[C@@H]2N13. The van der Waals surface area contributed by atoms with Crippen LogP contribution in [0, 0.1) is 6.92 Å². The van der Waals surface area contributed by atoms with Crippen molar-refractivity contribution in [3.05, 3.63) is 16.7 Å². The number of fused-ring (bicyclic) bond motifs is 2. The number of piperazine rings is 1. The van der Waals surface area contributed by atoms with Crippen molar-refractivity contribution >= 4 is 0 Å². The standard InChI is InChI=1S/C18H26N2O4/c1-10-16(21-3)12-6-11-7-19(2)8-14-20(11)13(9-24-14)15(12)18(23-5)17(10)22-4/h11,13-14H,6-9H2,1-5H3/t11-,13-,14+/m0/s1. The van der Waals surface area contributed by atoms with Crippen molar-refractivity contribution in [1.82, 2.24) is 9.80 Å². The van der Waals surface area contributed by atoms with Gasteiger partial charge in [-0.3, -0.25) is 4.90 Å². The van der Waals surface area contributed by atoms with Crippen molar-refractivity contribution in [3.8, 4) is 17.2 Å². The molecule has 3 aliphatic heterocycles. The Labute approximate surface area is 143 Å². The van der Waals surface area contributed by atoms with Crippen molar-refractivity contribution in [2.24, 2.45) is 0 Å². The fourth-order valence-corrected chi connectivity index (χ4v) is 4.81. The molecule has 4 rings (SSSR count). The number of nitrogens with zero attached hydrogens (tertiary/aromatic N) is 2. The normalized spacial score (nSPS) is 29.1. The van der Waals surface area contributed by atoms with E-state index < -0.39 is 0 Å². The Morgan fingerprint density at radius 3 is 2.38 bits per heavy atom. The largest absolute Gasteiger partial charge is 0.496 e. The molecule has 6 heteroatoms. The van der Waals surface area contributed by atoms with Crippen LogP contribution in [0.3, 0.4) is 0 Å². The molecule has 0 amide bonds. The van der Waals surface area contributed by atoms with Crippen LogP contribution in [0.25, 0.3) is 0 Å². The summed E-state index contributed by atoms with van der Waals surface area (Å²) in [5, 5.41) is 0. The fourth-order valence-electron chi connectivity index (χ4n) is 4.81. The van der Waals surface area contributed by atoms with Crippen LogP contribution < -0.4 is 14.2 Å². The molecule has 132 valence electrons. The number of methoxy groups -OCH3 is 3. The highest BCUT2D eigenvalue weighted by Crippen LogP contribution is 2.53. The van der Waals surface area contributed by atoms with E-state index in [4.69, 9.17) is 18.9 Å². The quantitative estimate of drug-likeness (QED) is 0.836. The van der Waals surface area contributed by atoms with E-state index in [1.54, 1.807) is 21.3 Å². The Morgan fingerprint density at radius 1 is 1.00 bits per heavy atom. The molecule has 0 N–H and O–H groups in total. The summed E-state index contributed by atoms with van der Waals surface area (Å²) in [6.07, 6.45) is 1.11. The first-order valence-electron chi connectivity index (χ1n) is 8.49. The van der Waals surface area contributed by atoms with E-state index in [-0.39, 0.29) is 12.3 Å². The van der Waals surface area contributed by atoms with Gasteiger partial charge in [0.05, 0.1) is 34.0 Å². The number of rotatable bonds is 3. The maximum absolute atomic E-state index is 6.12. The second-order valence-electron chi connectivity index (χ2n) is 6.95. The van der Waals surface area contributed by atoms with Crippen LogP contribution in [0.15, 0.2) is 0 Å². The zero-order chi connectivity index (χ0) is 17.0. The van der Waals surface area contributed by atoms with Crippen LogP contribution in [0.4, 0.5) is 0 Å². The molecule has 1 aromatic carbocycles. The number of likely N-dealkylation sites (N-methyl/N-ethyl adjacent to an activating group) is 1. The molecule has 3 atom stereocenters. The molecule has 3 aliphatic rings. The number of hydrogen-bond acceptors (Lipinski definition) is 6. The second kappa shape index (κ2) is 5.79. The van der Waals surface area contributed by atoms with Gasteiger partial charge in [-0.15, -0.1) is 0 Å². The van der Waals surface area contributed by atoms with Crippen LogP contribution in [0.2, 0.25) is 0 Å². The third-order valence-corrected chi connectivity index (χ3v) is 5.67. The van der Waals surface area contributed by atoms with Gasteiger partial charge in [-0.05, 0) is 20.4 Å². The number of ether oxygens (including phenoxy) is 4. The lowest BCUT2D eigenvalue weighted by Crippen LogP contribution is -2.58. The Hall–Kier alpha value is -1.50. The Kier molecular flexibility index (Phi) is 3.86. The molecular weight excluding hydrogens is 308 g/mol. The molecule has 2 saturated heterocycles. The van der Waals surface area contributed by atoms with Crippen molar-refractivity contribution in [3.63, 3.8) is 0 Å². The average molecular weight is 334 g/mol. The molecule has 0 aromatic heterocycles. The van der Waals surface area contributed by atoms with E-state index in [1.807, 2.05) is 6.92 Å². The molecule has 0 aliphatic carbocycles. The molecule has 0 saturated carbocycles. The van der Waals surface area contributed by atoms with Gasteiger partial charge < -0.3 is 23.8 Å². The van der Waals surface area contributed by atoms with Crippen molar-refractivity contribution < 1.29 is 18.9 Å². The van der Waals surface area contributed by atoms with Crippen LogP contribution >= 0.6 is 0 Å². The summed E-state index contributed by atoms with van der Waals surface area (Å²) in [5.41, 5.74) is 3.43. The minimum atomic E-state index is 0.162. The topological polar surface area (TPSA) is 43.4 Å². The Bertz CT molecular complexity index is 663. The van der Waals surface area contributed by atoms with Crippen molar-refractivity contribution in [2.75, 3.05) is 48.1 Å². The fraction of sp³-hybridized carbons (Fsp3) is 0.667. The third kappa shape index (κ3) is 2.06. The molecule has 2 fully saturated rings. The summed E-state index contributed by atoms with van der Waals surface area (Å²) in [7, 11) is 7.31. The van der Waals surface area contributed by atoms with E-state index in [9.17, 15) is 0 Å². The molecule has 6 nitrogen and oxygen atoms in total. The first-order valence-corrected chi connectivity index (χ1v) is 8.49. The van der Waals surface area contributed by atoms with E-state index in [0.29, 0.717) is 12.6 Å². The van der Waals surface area contributed by atoms with Crippen LogP contribution in [0.1, 0.15) is 22.7 Å². The van der Waals surface area contributed by atoms with Crippen LogP contribution in [-0.2, 0) is 11.2 Å². The molecular formula is C18H26N2O4. The maximum atomic E-state index is 6.12. The lowest BCUT2D eigenvalue weighted by Gasteiger charge is -2.47. The van der Waals surface area contributed by atoms with Crippen LogP contribution in [0.5, 0.6) is 17.2 Å². The highest BCUT2D eigenvalue weighted by molar-refractivity contribution is 5.65. The second-order valence-corrected chi connectivity index (χ2v) is 6.95. The highest BCUT2D eigenvalue weighted by atomic mass is 16.5. The summed E-state index contributed by atoms with van der Waals surface area (Å²) >= 11 is 0. The van der Waals surface area contributed by atoms with Crippen LogP contribution in [-0.4, -0.2) is 70.1 Å². The molecule has 0 spiro atoms. The zero-order valence-corrected chi connectivity index (χ0v) is 15.1. The molecule has 24 heavy (non-hydrogen) atoms. The van der Waals surface area contributed by atoms with E-state index >= 15 is 0 Å². The molecule has 0 unspecified atom stereocenters. The van der Waals surface area contributed by atoms with Gasteiger partial charge in [0.25, 0.3) is 0 Å². The summed E-state index contributed by atoms with van der Waals surface area (Å²) in [5.74, 6) is 2.53. The monoisotopic (exact) mass is 334 g/mol. The lowest BCUT2D eigenvalue weighted by molar-refractivity contribution is -0.0574. The molecule has 0 radical (unpaired) electrons. The summed E-state index contributed by atoms with van der Waals surface area (Å²) < 4.78 is 23.4. The van der Waals surface area contributed by atoms with Gasteiger partial charge >= 0.3 is 0 Å². The predicted octanol–water partition coefficient (Wildman–Crippen LogP) is 1.59. The van der Waals surface area contributed by atoms with Gasteiger partial charge in [-0.1, -0.05) is 0 Å². The number of benzene rings is 1. The maximum Gasteiger partial charge on any atom is 0.167 e. The summed E-state index contributed by atoms with van der Waals surface area (Å²) in [4.78, 5) is 4.89. The third-order valence-electron chi connectivity index (χ3n) is 5.67. The average Bonchev–Trinajstić information content (AvgIpc) is 2.98. The molecule has 1 aromatic rings. The van der Waals surface area contributed by atoms with E-state index in [2.05, 4.69) is 16.8 Å².